The minimum Gasteiger partial charge on any atom is -0.468 e. The fourth-order valence-corrected chi connectivity index (χ4v) is 6.21. The number of fused-ring (bicyclic) bond motifs is 2. The van der Waals surface area contributed by atoms with Crippen molar-refractivity contribution in [3.05, 3.63) is 46.5 Å². The normalized spacial score (nSPS) is 26.6. The van der Waals surface area contributed by atoms with E-state index < -0.39 is 6.04 Å². The molecule has 5 heterocycles. The fraction of sp³-hybridized carbons (Fsp3) is 0.450. The summed E-state index contributed by atoms with van der Waals surface area (Å²) in [7, 11) is 0. The SMILES string of the molecule is O=C(c1cccs1)N1CCN2C(=O)C3CC(SCc4ccco4)CN3C(=O)C2C1. The molecule has 3 aliphatic heterocycles. The van der Waals surface area contributed by atoms with Crippen molar-refractivity contribution in [2.45, 2.75) is 29.5 Å². The van der Waals surface area contributed by atoms with E-state index >= 15 is 0 Å². The Balaban J connectivity index is 1.27. The first kappa shape index (κ1) is 18.7. The molecule has 0 saturated carbocycles. The van der Waals surface area contributed by atoms with Gasteiger partial charge in [-0.2, -0.15) is 0 Å². The number of amides is 3. The molecule has 2 aromatic heterocycles. The highest BCUT2D eigenvalue weighted by Gasteiger charge is 2.52. The van der Waals surface area contributed by atoms with E-state index in [-0.39, 0.29) is 35.6 Å². The fourth-order valence-electron chi connectivity index (χ4n) is 4.37. The predicted octanol–water partition coefficient (Wildman–Crippen LogP) is 1.91. The van der Waals surface area contributed by atoms with Crippen LogP contribution >= 0.6 is 23.1 Å². The highest BCUT2D eigenvalue weighted by molar-refractivity contribution is 7.99. The molecule has 0 N–H and O–H groups in total. The van der Waals surface area contributed by atoms with Crippen LogP contribution in [-0.2, 0) is 15.3 Å². The Kier molecular flexibility index (Phi) is 4.87. The summed E-state index contributed by atoms with van der Waals surface area (Å²) in [5.74, 6) is 1.57. The van der Waals surface area contributed by atoms with Crippen LogP contribution in [0.1, 0.15) is 21.9 Å². The molecule has 0 spiro atoms. The molecule has 3 atom stereocenters. The van der Waals surface area contributed by atoms with Gasteiger partial charge in [0.25, 0.3) is 5.91 Å². The van der Waals surface area contributed by atoms with Gasteiger partial charge in [-0.25, -0.2) is 0 Å². The van der Waals surface area contributed by atoms with E-state index in [9.17, 15) is 14.4 Å². The van der Waals surface area contributed by atoms with Crippen molar-refractivity contribution in [3.8, 4) is 0 Å². The van der Waals surface area contributed by atoms with E-state index in [4.69, 9.17) is 4.42 Å². The molecule has 3 unspecified atom stereocenters. The third-order valence-corrected chi connectivity index (χ3v) is 7.96. The second-order valence-corrected chi connectivity index (χ2v) is 9.77. The lowest BCUT2D eigenvalue weighted by Gasteiger charge is -2.47. The van der Waals surface area contributed by atoms with Crippen molar-refractivity contribution in [1.29, 1.82) is 0 Å². The van der Waals surface area contributed by atoms with Gasteiger partial charge < -0.3 is 19.1 Å². The van der Waals surface area contributed by atoms with Crippen LogP contribution in [-0.4, -0.2) is 75.9 Å². The minimum absolute atomic E-state index is 0.0268. The van der Waals surface area contributed by atoms with E-state index in [0.29, 0.717) is 30.9 Å². The van der Waals surface area contributed by atoms with E-state index in [1.807, 2.05) is 23.6 Å². The summed E-state index contributed by atoms with van der Waals surface area (Å²) in [6.07, 6.45) is 2.33. The second-order valence-electron chi connectivity index (χ2n) is 7.53. The number of rotatable bonds is 4. The quantitative estimate of drug-likeness (QED) is 0.739. The third-order valence-electron chi connectivity index (χ3n) is 5.84. The number of nitrogens with zero attached hydrogens (tertiary/aromatic N) is 3. The molecule has 0 bridgehead atoms. The molecule has 7 nitrogen and oxygen atoms in total. The largest absolute Gasteiger partial charge is 0.468 e. The van der Waals surface area contributed by atoms with E-state index in [0.717, 1.165) is 11.5 Å². The first-order valence-corrected chi connectivity index (χ1v) is 11.6. The van der Waals surface area contributed by atoms with Crippen LogP contribution in [0.5, 0.6) is 0 Å². The molecule has 152 valence electrons. The van der Waals surface area contributed by atoms with Gasteiger partial charge in [-0.15, -0.1) is 23.1 Å². The monoisotopic (exact) mass is 431 g/mol. The molecule has 29 heavy (non-hydrogen) atoms. The van der Waals surface area contributed by atoms with Crippen molar-refractivity contribution < 1.29 is 18.8 Å². The lowest BCUT2D eigenvalue weighted by molar-refractivity contribution is -0.162. The molecular weight excluding hydrogens is 410 g/mol. The van der Waals surface area contributed by atoms with Gasteiger partial charge in [0.15, 0.2) is 0 Å². The van der Waals surface area contributed by atoms with E-state index in [1.54, 1.807) is 38.8 Å². The van der Waals surface area contributed by atoms with Crippen molar-refractivity contribution in [2.75, 3.05) is 26.2 Å². The highest BCUT2D eigenvalue weighted by Crippen LogP contribution is 2.35. The maximum atomic E-state index is 13.2. The van der Waals surface area contributed by atoms with E-state index in [1.165, 1.54) is 11.3 Å². The summed E-state index contributed by atoms with van der Waals surface area (Å²) >= 11 is 3.13. The number of furan rings is 1. The van der Waals surface area contributed by atoms with Gasteiger partial charge in [0, 0.05) is 24.9 Å². The van der Waals surface area contributed by atoms with Gasteiger partial charge in [-0.05, 0) is 30.0 Å². The van der Waals surface area contributed by atoms with Gasteiger partial charge >= 0.3 is 0 Å². The maximum absolute atomic E-state index is 13.2. The number of piperazine rings is 2. The Morgan fingerprint density at radius 2 is 1.97 bits per heavy atom. The van der Waals surface area contributed by atoms with Crippen molar-refractivity contribution in [3.63, 3.8) is 0 Å². The first-order valence-electron chi connectivity index (χ1n) is 9.69. The summed E-state index contributed by atoms with van der Waals surface area (Å²) in [5.41, 5.74) is 0. The van der Waals surface area contributed by atoms with Crippen molar-refractivity contribution in [2.24, 2.45) is 0 Å². The smallest absolute Gasteiger partial charge is 0.264 e. The molecule has 0 aliphatic carbocycles. The predicted molar refractivity (Wildman–Crippen MR) is 110 cm³/mol. The van der Waals surface area contributed by atoms with Gasteiger partial charge in [-0.3, -0.25) is 14.4 Å². The molecule has 5 rings (SSSR count). The summed E-state index contributed by atoms with van der Waals surface area (Å²) < 4.78 is 5.38. The molecule has 0 radical (unpaired) electrons. The Labute approximate surface area is 176 Å². The third kappa shape index (κ3) is 3.36. The number of carbonyl (C=O) groups excluding carboxylic acids is 3. The summed E-state index contributed by atoms with van der Waals surface area (Å²) in [6, 6.07) is 6.51. The van der Waals surface area contributed by atoms with Crippen LogP contribution in [0.3, 0.4) is 0 Å². The van der Waals surface area contributed by atoms with Crippen LogP contribution in [0, 0.1) is 0 Å². The van der Waals surface area contributed by atoms with Crippen LogP contribution in [0.15, 0.2) is 40.3 Å². The Bertz CT molecular complexity index is 914. The van der Waals surface area contributed by atoms with Crippen LogP contribution in [0.25, 0.3) is 0 Å². The zero-order valence-corrected chi connectivity index (χ0v) is 17.4. The molecule has 3 fully saturated rings. The van der Waals surface area contributed by atoms with Crippen molar-refractivity contribution >= 4 is 40.8 Å². The molecular formula is C20H21N3O4S2. The zero-order valence-electron chi connectivity index (χ0n) is 15.7. The number of thiophene rings is 1. The number of hydrogen-bond acceptors (Lipinski definition) is 6. The average molecular weight is 432 g/mol. The second kappa shape index (κ2) is 7.53. The molecule has 9 heteroatoms. The summed E-state index contributed by atoms with van der Waals surface area (Å²) in [6.45, 7) is 1.73. The Hall–Kier alpha value is -2.26. The summed E-state index contributed by atoms with van der Waals surface area (Å²) in [4.78, 5) is 44.8. The lowest BCUT2D eigenvalue weighted by atomic mass is 10.0. The number of thioether (sulfide) groups is 1. The van der Waals surface area contributed by atoms with Gasteiger partial charge in [0.05, 0.1) is 23.4 Å². The highest BCUT2D eigenvalue weighted by atomic mass is 32.2. The maximum Gasteiger partial charge on any atom is 0.264 e. The number of carbonyl (C=O) groups is 3. The molecule has 0 aromatic carbocycles. The lowest BCUT2D eigenvalue weighted by Crippen LogP contribution is -2.69. The minimum atomic E-state index is -0.565. The first-order chi connectivity index (χ1) is 14.1. The Morgan fingerprint density at radius 3 is 2.72 bits per heavy atom. The van der Waals surface area contributed by atoms with Gasteiger partial charge in [0.1, 0.15) is 17.8 Å². The molecule has 2 aromatic rings. The van der Waals surface area contributed by atoms with Crippen LogP contribution in [0.2, 0.25) is 0 Å². The molecule has 3 amide bonds. The Morgan fingerprint density at radius 1 is 1.10 bits per heavy atom. The average Bonchev–Trinajstić information content (AvgIpc) is 3.50. The standard InChI is InChI=1S/C20H21N3O4S2/c24-18-15-9-14(29-12-13-3-1-7-27-13)10-23(15)19(25)16-11-21(5-6-22(16)18)20(26)17-4-2-8-28-17/h1-4,7-8,14-16H,5-6,9-12H2. The summed E-state index contributed by atoms with van der Waals surface area (Å²) in [5, 5.41) is 2.08. The van der Waals surface area contributed by atoms with Crippen LogP contribution < -0.4 is 0 Å². The topological polar surface area (TPSA) is 74.1 Å². The van der Waals surface area contributed by atoms with Crippen molar-refractivity contribution in [1.82, 2.24) is 14.7 Å². The molecule has 3 aliphatic rings. The molecule has 3 saturated heterocycles. The number of hydrogen-bond donors (Lipinski definition) is 0. The van der Waals surface area contributed by atoms with Gasteiger partial charge in [0.2, 0.25) is 11.8 Å². The zero-order chi connectivity index (χ0) is 20.0. The van der Waals surface area contributed by atoms with Crippen LogP contribution in [0.4, 0.5) is 0 Å². The van der Waals surface area contributed by atoms with Gasteiger partial charge in [-0.1, -0.05) is 6.07 Å². The van der Waals surface area contributed by atoms with E-state index in [2.05, 4.69) is 0 Å².